The molecule has 1 saturated heterocycles. The maximum Gasteiger partial charge on any atom is 0.407 e. The molecule has 0 aromatic heterocycles. The van der Waals surface area contributed by atoms with E-state index in [1.807, 2.05) is 0 Å². The first kappa shape index (κ1) is 98.9. The number of carboxylic acids is 1. The number of ether oxygens (including phenoxy) is 7. The van der Waals surface area contributed by atoms with Crippen molar-refractivity contribution in [3.63, 3.8) is 0 Å². The molecule has 1 heterocycles. The second-order valence-electron chi connectivity index (χ2n) is 29.3. The standard InChI is InChI=1S/C93H96N16O25/c110-77(48-94-88(122)129-54-62-19-7-1-8-20-62)100-71-39-68(40-72(45-71)101-78(111)49-95-89(123)130-55-63-21-9-2-10-22-63)85(119)107-33-31-106(83(116)60-128-61-84(117)118)32-34-108(86(120)69-41-73(102-79(112)50-96-90(124)131-56-64-23-11-3-12-24-64)46-74(42-69)103-80(113)51-97-91(125)132-57-65-25-13-4-14-26-65)36-38-109(37-35-107)87(121)70-43-75(104-81(114)52-98-92(126)133-58-66-27-15-5-16-28-66)47-76(44-70)105-82(115)53-99-93(127)134-59-67-29-17-6-18-30-67/h1-30,39-47H,31-38,48-61H2,(H,94,122)(H,95,123)(H,96,124)(H,97,125)(H,98,126)(H,99,127)(H,100,110)(H,101,111)(H,102,112)(H,103,113)(H,104,114)(H,105,115)(H,117,118). The van der Waals surface area contributed by atoms with Crippen LogP contribution in [0.5, 0.6) is 0 Å². The van der Waals surface area contributed by atoms with Gasteiger partial charge in [0.15, 0.2) is 0 Å². The number of nitrogens with zero attached hydrogens (tertiary/aromatic N) is 4. The van der Waals surface area contributed by atoms with Crippen LogP contribution < -0.4 is 63.8 Å². The summed E-state index contributed by atoms with van der Waals surface area (Å²) in [5.74, 6) is -10.5. The van der Waals surface area contributed by atoms with Gasteiger partial charge in [-0.05, 0) is 88.0 Å². The average molecular weight is 1840 g/mol. The number of carbonyl (C=O) groups is 17. The first-order chi connectivity index (χ1) is 64.8. The minimum atomic E-state index is -1.46. The summed E-state index contributed by atoms with van der Waals surface area (Å²) in [6.07, 6.45) is -5.93. The summed E-state index contributed by atoms with van der Waals surface area (Å²) in [5, 5.41) is 39.2. The quantitative estimate of drug-likeness (QED) is 0.0167. The van der Waals surface area contributed by atoms with Gasteiger partial charge in [-0.1, -0.05) is 182 Å². The second-order valence-corrected chi connectivity index (χ2v) is 29.3. The summed E-state index contributed by atoms with van der Waals surface area (Å²) >= 11 is 0. The van der Waals surface area contributed by atoms with Crippen LogP contribution in [0.25, 0.3) is 0 Å². The van der Waals surface area contributed by atoms with Gasteiger partial charge in [0, 0.05) is 103 Å². The Labute approximate surface area is 766 Å². The van der Waals surface area contributed by atoms with E-state index in [1.54, 1.807) is 182 Å². The molecule has 9 aromatic carbocycles. The highest BCUT2D eigenvalue weighted by Crippen LogP contribution is 2.26. The van der Waals surface area contributed by atoms with Gasteiger partial charge in [0.25, 0.3) is 17.7 Å². The molecule has 0 radical (unpaired) electrons. The Morgan fingerprint density at radius 3 is 0.597 bits per heavy atom. The van der Waals surface area contributed by atoms with Crippen molar-refractivity contribution in [2.45, 2.75) is 39.6 Å². The van der Waals surface area contributed by atoms with E-state index >= 15 is 14.4 Å². The van der Waals surface area contributed by atoms with Crippen molar-refractivity contribution in [2.24, 2.45) is 0 Å². The molecule has 0 spiro atoms. The Balaban J connectivity index is 1.00. The summed E-state index contributed by atoms with van der Waals surface area (Å²) in [6.45, 7) is -11.2. The van der Waals surface area contributed by atoms with Crippen LogP contribution in [0, 0.1) is 0 Å². The highest BCUT2D eigenvalue weighted by atomic mass is 16.6. The van der Waals surface area contributed by atoms with Crippen LogP contribution in [0.2, 0.25) is 0 Å². The third-order valence-electron chi connectivity index (χ3n) is 19.1. The van der Waals surface area contributed by atoms with E-state index in [0.717, 1.165) is 19.6 Å². The lowest BCUT2D eigenvalue weighted by molar-refractivity contribution is -0.146. The zero-order chi connectivity index (χ0) is 95.4. The molecule has 0 saturated carbocycles. The van der Waals surface area contributed by atoms with Crippen LogP contribution >= 0.6 is 0 Å². The van der Waals surface area contributed by atoms with E-state index < -0.39 is 206 Å². The Morgan fingerprint density at radius 2 is 0.418 bits per heavy atom. The lowest BCUT2D eigenvalue weighted by Gasteiger charge is -2.35. The van der Waals surface area contributed by atoms with Crippen LogP contribution in [0.15, 0.2) is 237 Å². The number of hydrogen-bond acceptors (Lipinski definition) is 24. The Kier molecular flexibility index (Phi) is 38.6. The normalized spacial score (nSPS) is 11.8. The molecular formula is C93H96N16O25. The number of hydrogen-bond donors (Lipinski definition) is 13. The van der Waals surface area contributed by atoms with Crippen molar-refractivity contribution in [2.75, 3.05) is 137 Å². The highest BCUT2D eigenvalue weighted by Gasteiger charge is 2.30. The van der Waals surface area contributed by atoms with E-state index in [9.17, 15) is 72.2 Å². The van der Waals surface area contributed by atoms with Gasteiger partial charge in [0.05, 0.1) is 0 Å². The van der Waals surface area contributed by atoms with E-state index in [0.29, 0.717) is 33.4 Å². The minimum absolute atomic E-state index is 0.159. The van der Waals surface area contributed by atoms with E-state index in [1.165, 1.54) is 54.6 Å². The molecule has 13 N–H and O–H groups in total. The predicted molar refractivity (Wildman–Crippen MR) is 482 cm³/mol. The number of carboxylic acid groups (broad SMARTS) is 1. The largest absolute Gasteiger partial charge is 0.480 e. The fourth-order valence-electron chi connectivity index (χ4n) is 12.6. The van der Waals surface area contributed by atoms with Gasteiger partial charge in [-0.15, -0.1) is 0 Å². The van der Waals surface area contributed by atoms with E-state index in [-0.39, 0.29) is 90.5 Å². The third-order valence-corrected chi connectivity index (χ3v) is 19.1. The van der Waals surface area contributed by atoms with Crippen LogP contribution in [0.1, 0.15) is 64.5 Å². The Bertz CT molecular complexity index is 5120. The Hall–Kier alpha value is -17.3. The lowest BCUT2D eigenvalue weighted by atomic mass is 10.1. The van der Waals surface area contributed by atoms with Gasteiger partial charge >= 0.3 is 42.5 Å². The third kappa shape index (κ3) is 35.4. The van der Waals surface area contributed by atoms with Gasteiger partial charge < -0.3 is 122 Å². The molecule has 41 nitrogen and oxygen atoms in total. The number of rotatable bonds is 37. The summed E-state index contributed by atoms with van der Waals surface area (Å²) in [4.78, 5) is 239. The van der Waals surface area contributed by atoms with Gasteiger partial charge in [-0.3, -0.25) is 47.9 Å². The molecule has 1 aliphatic heterocycles. The molecule has 698 valence electrons. The summed E-state index contributed by atoms with van der Waals surface area (Å²) in [6, 6.07) is 62.6. The van der Waals surface area contributed by atoms with E-state index in [4.69, 9.17) is 33.2 Å². The lowest BCUT2D eigenvalue weighted by Crippen LogP contribution is -2.51. The molecule has 41 heteroatoms. The predicted octanol–water partition coefficient (Wildman–Crippen LogP) is 7.55. The molecule has 0 aliphatic carbocycles. The molecule has 0 unspecified atom stereocenters. The fraction of sp³-hybridized carbons (Fsp3) is 0.237. The maximum atomic E-state index is 16.0. The summed E-state index contributed by atoms with van der Waals surface area (Å²) < 4.78 is 37.0. The van der Waals surface area contributed by atoms with Crippen molar-refractivity contribution in [3.8, 4) is 0 Å². The highest BCUT2D eigenvalue weighted by molar-refractivity contribution is 6.05. The zero-order valence-corrected chi connectivity index (χ0v) is 72.1. The Morgan fingerprint density at radius 1 is 0.239 bits per heavy atom. The monoisotopic (exact) mass is 1840 g/mol. The molecule has 134 heavy (non-hydrogen) atoms. The van der Waals surface area contributed by atoms with Crippen molar-refractivity contribution in [3.05, 3.63) is 287 Å². The van der Waals surface area contributed by atoms with Crippen LogP contribution in [0.4, 0.5) is 62.9 Å². The molecule has 0 bridgehead atoms. The van der Waals surface area contributed by atoms with Crippen molar-refractivity contribution < 1.29 is 120 Å². The molecule has 16 amide bonds. The molecule has 10 rings (SSSR count). The number of aliphatic carboxylic acids is 1. The summed E-state index contributed by atoms with van der Waals surface area (Å²) in [7, 11) is 0. The van der Waals surface area contributed by atoms with Gasteiger partial charge in [0.1, 0.15) is 92.1 Å². The number of anilines is 6. The van der Waals surface area contributed by atoms with Crippen molar-refractivity contribution in [1.29, 1.82) is 0 Å². The van der Waals surface area contributed by atoms with Crippen LogP contribution in [-0.4, -0.2) is 231 Å². The van der Waals surface area contributed by atoms with Crippen LogP contribution in [-0.2, 0) is 111 Å². The van der Waals surface area contributed by atoms with E-state index in [2.05, 4.69) is 63.8 Å². The first-order valence-electron chi connectivity index (χ1n) is 41.6. The fourth-order valence-corrected chi connectivity index (χ4v) is 12.6. The average Bonchev–Trinajstić information content (AvgIpc) is 0.819. The molecule has 1 fully saturated rings. The van der Waals surface area contributed by atoms with Crippen molar-refractivity contribution in [1.82, 2.24) is 51.5 Å². The van der Waals surface area contributed by atoms with Crippen molar-refractivity contribution >= 4 is 136 Å². The molecular weight excluding hydrogens is 1740 g/mol. The minimum Gasteiger partial charge on any atom is -0.480 e. The SMILES string of the molecule is O=C(O)COCC(=O)N1CCN(C(=O)c2cc(NC(=O)CNC(=O)OCc3ccccc3)cc(NC(=O)CNC(=O)OCc3ccccc3)c2)CCN(C(=O)c2cc(NC(=O)CNC(=O)OCc3ccccc3)cc(NC(=O)CNC(=O)OCc3ccccc3)c2)CCN(C(=O)c2cc(NC(=O)CNC(=O)OCc3ccccc3)cc(NC(=O)CNC(=O)OCc3ccccc3)c2)CC1. The number of carbonyl (C=O) groups excluding carboxylic acids is 16. The molecule has 0 atom stereocenters. The number of alkyl carbamates (subject to hydrolysis) is 6. The topological polar surface area (TPSA) is 532 Å². The number of nitrogens with one attached hydrogen (secondary N) is 12. The van der Waals surface area contributed by atoms with Crippen LogP contribution in [0.3, 0.4) is 0 Å². The maximum absolute atomic E-state index is 16.0. The van der Waals surface area contributed by atoms with Gasteiger partial charge in [-0.25, -0.2) is 33.6 Å². The number of amides is 16. The second kappa shape index (κ2) is 52.3. The number of benzene rings is 9. The first-order valence-corrected chi connectivity index (χ1v) is 41.6. The molecule has 1 aliphatic rings. The molecule has 9 aromatic rings. The zero-order valence-electron chi connectivity index (χ0n) is 72.1. The van der Waals surface area contributed by atoms with Gasteiger partial charge in [0.2, 0.25) is 41.4 Å². The smallest absolute Gasteiger partial charge is 0.407 e. The summed E-state index contributed by atoms with van der Waals surface area (Å²) in [5.41, 5.74) is 1.79. The van der Waals surface area contributed by atoms with Gasteiger partial charge in [-0.2, -0.15) is 0 Å².